The molecule has 1 amide bonds. The first-order valence-electron chi connectivity index (χ1n) is 6.39. The minimum Gasteiger partial charge on any atom is -0.329 e. The number of carbonyl (C=O) groups is 1. The number of hydrogen-bond acceptors (Lipinski definition) is 3. The molecule has 1 aliphatic heterocycles. The highest BCUT2D eigenvalue weighted by Gasteiger charge is 2.40. The van der Waals surface area contributed by atoms with Crippen molar-refractivity contribution in [2.75, 3.05) is 0 Å². The fraction of sp³-hybridized carbons (Fsp3) is 0.571. The van der Waals surface area contributed by atoms with Gasteiger partial charge in [-0.2, -0.15) is 0 Å². The first-order chi connectivity index (χ1) is 8.41. The van der Waals surface area contributed by atoms with Crippen LogP contribution in [0.5, 0.6) is 0 Å². The number of nitrogens with zero attached hydrogens (tertiary/aromatic N) is 2. The summed E-state index contributed by atoms with van der Waals surface area (Å²) in [5, 5.41) is 0. The lowest BCUT2D eigenvalue weighted by atomic mass is 9.87. The molecule has 1 saturated heterocycles. The molecule has 1 aromatic heterocycles. The molecule has 1 aliphatic rings. The van der Waals surface area contributed by atoms with E-state index in [1.165, 1.54) is 0 Å². The second kappa shape index (κ2) is 4.69. The lowest BCUT2D eigenvalue weighted by molar-refractivity contribution is -0.144. The normalized spacial score (nSPS) is 25.3. The van der Waals surface area contributed by atoms with E-state index in [4.69, 9.17) is 5.73 Å². The Bertz CT molecular complexity index is 424. The van der Waals surface area contributed by atoms with Gasteiger partial charge in [0.1, 0.15) is 0 Å². The lowest BCUT2D eigenvalue weighted by Crippen LogP contribution is -2.56. The Morgan fingerprint density at radius 2 is 2.17 bits per heavy atom. The van der Waals surface area contributed by atoms with Gasteiger partial charge in [-0.3, -0.25) is 9.78 Å². The van der Waals surface area contributed by atoms with Crippen molar-refractivity contribution in [3.8, 4) is 0 Å². The summed E-state index contributed by atoms with van der Waals surface area (Å²) >= 11 is 0. The van der Waals surface area contributed by atoms with Crippen LogP contribution in [0.2, 0.25) is 0 Å². The second-order valence-corrected chi connectivity index (χ2v) is 5.87. The quantitative estimate of drug-likeness (QED) is 0.824. The molecule has 2 heterocycles. The smallest absolute Gasteiger partial charge is 0.223 e. The van der Waals surface area contributed by atoms with E-state index in [2.05, 4.69) is 4.98 Å². The zero-order valence-corrected chi connectivity index (χ0v) is 11.3. The first-order valence-corrected chi connectivity index (χ1v) is 6.39. The van der Waals surface area contributed by atoms with Crippen LogP contribution >= 0.6 is 0 Å². The van der Waals surface area contributed by atoms with Crippen LogP contribution in [0.15, 0.2) is 24.5 Å². The molecule has 0 aliphatic carbocycles. The maximum absolute atomic E-state index is 12.2. The molecule has 2 rings (SSSR count). The minimum absolute atomic E-state index is 0.0221. The molecule has 2 atom stereocenters. The van der Waals surface area contributed by atoms with E-state index in [-0.39, 0.29) is 23.5 Å². The van der Waals surface area contributed by atoms with Gasteiger partial charge in [-0.05, 0) is 38.8 Å². The molecule has 2 N–H and O–H groups in total. The van der Waals surface area contributed by atoms with Gasteiger partial charge in [0.15, 0.2) is 0 Å². The molecule has 2 unspecified atom stereocenters. The van der Waals surface area contributed by atoms with E-state index in [9.17, 15) is 4.79 Å². The number of carbonyl (C=O) groups excluding carboxylic acids is 1. The third-order valence-corrected chi connectivity index (χ3v) is 3.39. The SMILES string of the molecule is CC(C)(C)N1C(=O)CCC(N)C1c1cccnc1. The van der Waals surface area contributed by atoms with Crippen LogP contribution in [0.1, 0.15) is 45.2 Å². The summed E-state index contributed by atoms with van der Waals surface area (Å²) in [4.78, 5) is 18.3. The van der Waals surface area contributed by atoms with Crippen LogP contribution < -0.4 is 5.73 Å². The van der Waals surface area contributed by atoms with Gasteiger partial charge in [0.2, 0.25) is 5.91 Å². The zero-order chi connectivity index (χ0) is 13.3. The van der Waals surface area contributed by atoms with E-state index in [0.29, 0.717) is 6.42 Å². The van der Waals surface area contributed by atoms with Crippen molar-refractivity contribution < 1.29 is 4.79 Å². The Labute approximate surface area is 108 Å². The van der Waals surface area contributed by atoms with Crippen LogP contribution in [-0.4, -0.2) is 27.4 Å². The molecule has 0 bridgehead atoms. The van der Waals surface area contributed by atoms with Crippen molar-refractivity contribution >= 4 is 5.91 Å². The minimum atomic E-state index is -0.227. The Balaban J connectivity index is 2.42. The third-order valence-electron chi connectivity index (χ3n) is 3.39. The van der Waals surface area contributed by atoms with Crippen LogP contribution in [0.4, 0.5) is 0 Å². The largest absolute Gasteiger partial charge is 0.329 e. The highest BCUT2D eigenvalue weighted by atomic mass is 16.2. The molecule has 98 valence electrons. The van der Waals surface area contributed by atoms with Crippen molar-refractivity contribution in [2.24, 2.45) is 5.73 Å². The molecular weight excluding hydrogens is 226 g/mol. The molecule has 0 spiro atoms. The highest BCUT2D eigenvalue weighted by Crippen LogP contribution is 2.35. The Kier molecular flexibility index (Phi) is 3.39. The van der Waals surface area contributed by atoms with Gasteiger partial charge in [-0.15, -0.1) is 0 Å². The average Bonchev–Trinajstić information content (AvgIpc) is 2.31. The molecule has 1 fully saturated rings. The van der Waals surface area contributed by atoms with Crippen molar-refractivity contribution in [2.45, 2.75) is 51.2 Å². The number of aromatic nitrogens is 1. The fourth-order valence-corrected chi connectivity index (χ4v) is 2.65. The number of rotatable bonds is 1. The topological polar surface area (TPSA) is 59.2 Å². The number of amides is 1. The maximum Gasteiger partial charge on any atom is 0.223 e. The van der Waals surface area contributed by atoms with Crippen LogP contribution in [0, 0.1) is 0 Å². The number of pyridine rings is 1. The molecule has 18 heavy (non-hydrogen) atoms. The number of nitrogens with two attached hydrogens (primary N) is 1. The van der Waals surface area contributed by atoms with Gasteiger partial charge < -0.3 is 10.6 Å². The molecule has 0 radical (unpaired) electrons. The summed E-state index contributed by atoms with van der Waals surface area (Å²) in [5.74, 6) is 0.179. The van der Waals surface area contributed by atoms with Crippen molar-refractivity contribution in [3.05, 3.63) is 30.1 Å². The maximum atomic E-state index is 12.2. The number of hydrogen-bond donors (Lipinski definition) is 1. The van der Waals surface area contributed by atoms with Gasteiger partial charge in [0.05, 0.1) is 6.04 Å². The standard InChI is InChI=1S/C14H21N3O/c1-14(2,3)17-12(18)7-6-11(15)13(17)10-5-4-8-16-9-10/h4-5,8-9,11,13H,6-7,15H2,1-3H3. The fourth-order valence-electron chi connectivity index (χ4n) is 2.65. The summed E-state index contributed by atoms with van der Waals surface area (Å²) in [5.41, 5.74) is 7.03. The van der Waals surface area contributed by atoms with Crippen LogP contribution in [-0.2, 0) is 4.79 Å². The van der Waals surface area contributed by atoms with Crippen molar-refractivity contribution in [3.63, 3.8) is 0 Å². The van der Waals surface area contributed by atoms with E-state index in [0.717, 1.165) is 12.0 Å². The van der Waals surface area contributed by atoms with Crippen LogP contribution in [0.3, 0.4) is 0 Å². The number of likely N-dealkylation sites (tertiary alicyclic amines) is 1. The van der Waals surface area contributed by atoms with Crippen molar-refractivity contribution in [1.29, 1.82) is 0 Å². The van der Waals surface area contributed by atoms with Gasteiger partial charge in [-0.1, -0.05) is 6.07 Å². The van der Waals surface area contributed by atoms with E-state index < -0.39 is 0 Å². The summed E-state index contributed by atoms with van der Waals surface area (Å²) in [6.45, 7) is 6.14. The summed E-state index contributed by atoms with van der Waals surface area (Å²) in [6.07, 6.45) is 4.82. The third kappa shape index (κ3) is 2.38. The molecule has 1 aromatic rings. The highest BCUT2D eigenvalue weighted by molar-refractivity contribution is 5.78. The second-order valence-electron chi connectivity index (χ2n) is 5.87. The lowest BCUT2D eigenvalue weighted by Gasteiger charge is -2.47. The number of piperidine rings is 1. The van der Waals surface area contributed by atoms with Gasteiger partial charge >= 0.3 is 0 Å². The molecule has 4 nitrogen and oxygen atoms in total. The van der Waals surface area contributed by atoms with Gasteiger partial charge in [-0.25, -0.2) is 0 Å². The van der Waals surface area contributed by atoms with Gasteiger partial charge in [0.25, 0.3) is 0 Å². The van der Waals surface area contributed by atoms with E-state index >= 15 is 0 Å². The monoisotopic (exact) mass is 247 g/mol. The Morgan fingerprint density at radius 3 is 2.72 bits per heavy atom. The molecule has 0 aromatic carbocycles. The average molecular weight is 247 g/mol. The van der Waals surface area contributed by atoms with E-state index in [1.807, 2.05) is 44.0 Å². The molecule has 0 saturated carbocycles. The first kappa shape index (κ1) is 13.0. The van der Waals surface area contributed by atoms with E-state index in [1.54, 1.807) is 6.20 Å². The Hall–Kier alpha value is -1.42. The summed E-state index contributed by atoms with van der Waals surface area (Å²) in [6, 6.07) is 3.79. The van der Waals surface area contributed by atoms with Crippen molar-refractivity contribution in [1.82, 2.24) is 9.88 Å². The predicted molar refractivity (Wildman–Crippen MR) is 70.8 cm³/mol. The Morgan fingerprint density at radius 1 is 1.44 bits per heavy atom. The molecule has 4 heteroatoms. The zero-order valence-electron chi connectivity index (χ0n) is 11.3. The van der Waals surface area contributed by atoms with Gasteiger partial charge in [0, 0.05) is 30.4 Å². The summed E-state index contributed by atoms with van der Waals surface area (Å²) < 4.78 is 0. The predicted octanol–water partition coefficient (Wildman–Crippen LogP) is 1.87. The molecular formula is C14H21N3O. The summed E-state index contributed by atoms with van der Waals surface area (Å²) in [7, 11) is 0. The van der Waals surface area contributed by atoms with Crippen LogP contribution in [0.25, 0.3) is 0 Å².